The topological polar surface area (TPSA) is 21.6 Å². The van der Waals surface area contributed by atoms with Gasteiger partial charge in [0.05, 0.1) is 12.8 Å². The summed E-state index contributed by atoms with van der Waals surface area (Å²) in [6, 6.07) is 18.1. The summed E-state index contributed by atoms with van der Waals surface area (Å²) in [5.41, 5.74) is 1.62. The second-order valence-electron chi connectivity index (χ2n) is 4.64. The first kappa shape index (κ1) is 13.3. The third-order valence-corrected chi connectivity index (χ3v) is 3.32. The smallest absolute Gasteiger partial charge is 0.128 e. The van der Waals surface area contributed by atoms with Crippen LogP contribution >= 0.6 is 0 Å². The molecule has 0 aromatic heterocycles. The van der Waals surface area contributed by atoms with E-state index in [1.165, 1.54) is 12.1 Å². The molecule has 3 aromatic carbocycles. The average Bonchev–Trinajstić information content (AvgIpc) is 2.54. The normalized spacial score (nSPS) is 11.1. The van der Waals surface area contributed by atoms with Gasteiger partial charge in [0.2, 0.25) is 0 Å². The van der Waals surface area contributed by atoms with E-state index < -0.39 is 0 Å². The zero-order chi connectivity index (χ0) is 14.7. The van der Waals surface area contributed by atoms with E-state index in [1.54, 1.807) is 25.5 Å². The van der Waals surface area contributed by atoms with Gasteiger partial charge >= 0.3 is 0 Å². The van der Waals surface area contributed by atoms with Gasteiger partial charge in [-0.25, -0.2) is 4.39 Å². The van der Waals surface area contributed by atoms with Crippen LogP contribution < -0.4 is 4.74 Å². The lowest BCUT2D eigenvalue weighted by Crippen LogP contribution is -1.92. The second kappa shape index (κ2) is 5.75. The number of fused-ring (bicyclic) bond motifs is 1. The highest BCUT2D eigenvalue weighted by Crippen LogP contribution is 2.27. The van der Waals surface area contributed by atoms with Crippen molar-refractivity contribution in [2.45, 2.75) is 0 Å². The van der Waals surface area contributed by atoms with Crippen LogP contribution in [-0.4, -0.2) is 13.3 Å². The van der Waals surface area contributed by atoms with Crippen molar-refractivity contribution in [3.8, 4) is 5.75 Å². The first-order valence-electron chi connectivity index (χ1n) is 6.63. The van der Waals surface area contributed by atoms with Gasteiger partial charge in [-0.05, 0) is 41.1 Å². The Labute approximate surface area is 122 Å². The maximum atomic E-state index is 12.9. The lowest BCUT2D eigenvalue weighted by Gasteiger charge is -2.08. The molecule has 0 amide bonds. The molecule has 104 valence electrons. The number of hydrogen-bond donors (Lipinski definition) is 0. The molecule has 0 spiro atoms. The Balaban J connectivity index is 2.08. The highest BCUT2D eigenvalue weighted by Gasteiger charge is 2.05. The molecule has 2 nitrogen and oxygen atoms in total. The summed E-state index contributed by atoms with van der Waals surface area (Å²) in [6.45, 7) is 0. The first-order chi connectivity index (χ1) is 10.3. The molecular weight excluding hydrogens is 265 g/mol. The van der Waals surface area contributed by atoms with Gasteiger partial charge in [0.15, 0.2) is 0 Å². The Morgan fingerprint density at radius 1 is 0.952 bits per heavy atom. The van der Waals surface area contributed by atoms with E-state index in [4.69, 9.17) is 4.74 Å². The van der Waals surface area contributed by atoms with Crippen molar-refractivity contribution in [2.24, 2.45) is 4.99 Å². The summed E-state index contributed by atoms with van der Waals surface area (Å²) in [5, 5.41) is 2.20. The fourth-order valence-electron chi connectivity index (χ4n) is 2.25. The van der Waals surface area contributed by atoms with E-state index in [2.05, 4.69) is 4.99 Å². The molecule has 3 rings (SSSR count). The summed E-state index contributed by atoms with van der Waals surface area (Å²) in [7, 11) is 1.64. The Morgan fingerprint density at radius 3 is 2.48 bits per heavy atom. The van der Waals surface area contributed by atoms with Crippen LogP contribution in [0, 0.1) is 5.82 Å². The minimum atomic E-state index is -0.267. The van der Waals surface area contributed by atoms with Crippen LogP contribution in [0.15, 0.2) is 65.7 Å². The van der Waals surface area contributed by atoms with Gasteiger partial charge in [0, 0.05) is 11.8 Å². The number of aliphatic imine (C=N–C) groups is 1. The SMILES string of the molecule is COc1ccc2ccccc2c1C=Nc1ccc(F)cc1. The second-order valence-corrected chi connectivity index (χ2v) is 4.64. The Bertz CT molecular complexity index is 794. The number of ether oxygens (including phenoxy) is 1. The van der Waals surface area contributed by atoms with Crippen LogP contribution in [-0.2, 0) is 0 Å². The molecule has 0 unspecified atom stereocenters. The summed E-state index contributed by atoms with van der Waals surface area (Å²) in [6.07, 6.45) is 1.76. The molecule has 0 radical (unpaired) electrons. The maximum Gasteiger partial charge on any atom is 0.128 e. The monoisotopic (exact) mass is 279 g/mol. The van der Waals surface area contributed by atoms with E-state index in [0.29, 0.717) is 5.69 Å². The highest BCUT2D eigenvalue weighted by molar-refractivity contribution is 6.03. The lowest BCUT2D eigenvalue weighted by atomic mass is 10.0. The van der Waals surface area contributed by atoms with Crippen molar-refractivity contribution in [3.63, 3.8) is 0 Å². The van der Waals surface area contributed by atoms with Gasteiger partial charge in [-0.15, -0.1) is 0 Å². The fraction of sp³-hybridized carbons (Fsp3) is 0.0556. The molecule has 0 bridgehead atoms. The van der Waals surface area contributed by atoms with E-state index >= 15 is 0 Å². The molecule has 0 N–H and O–H groups in total. The van der Waals surface area contributed by atoms with Gasteiger partial charge in [-0.1, -0.05) is 30.3 Å². The molecule has 0 atom stereocenters. The largest absolute Gasteiger partial charge is 0.496 e. The molecule has 0 saturated heterocycles. The summed E-state index contributed by atoms with van der Waals surface area (Å²) >= 11 is 0. The number of methoxy groups -OCH3 is 1. The molecule has 0 aliphatic rings. The van der Waals surface area contributed by atoms with E-state index in [-0.39, 0.29) is 5.82 Å². The first-order valence-corrected chi connectivity index (χ1v) is 6.63. The Kier molecular flexibility index (Phi) is 3.65. The highest BCUT2D eigenvalue weighted by atomic mass is 19.1. The molecule has 21 heavy (non-hydrogen) atoms. The predicted octanol–water partition coefficient (Wildman–Crippen LogP) is 4.74. The molecule has 0 saturated carbocycles. The van der Waals surface area contributed by atoms with Gasteiger partial charge in [0.25, 0.3) is 0 Å². The van der Waals surface area contributed by atoms with Crippen LogP contribution in [0.25, 0.3) is 10.8 Å². The number of nitrogens with zero attached hydrogens (tertiary/aromatic N) is 1. The average molecular weight is 279 g/mol. The van der Waals surface area contributed by atoms with Crippen molar-refractivity contribution in [2.75, 3.05) is 7.11 Å². The lowest BCUT2D eigenvalue weighted by molar-refractivity contribution is 0.415. The number of hydrogen-bond acceptors (Lipinski definition) is 2. The van der Waals surface area contributed by atoms with Crippen LogP contribution in [0.2, 0.25) is 0 Å². The van der Waals surface area contributed by atoms with E-state index in [9.17, 15) is 4.39 Å². The van der Waals surface area contributed by atoms with Gasteiger partial charge < -0.3 is 4.74 Å². The minimum absolute atomic E-state index is 0.267. The quantitative estimate of drug-likeness (QED) is 0.635. The van der Waals surface area contributed by atoms with Gasteiger partial charge in [-0.2, -0.15) is 0 Å². The van der Waals surface area contributed by atoms with Gasteiger partial charge in [-0.3, -0.25) is 4.99 Å². The van der Waals surface area contributed by atoms with Gasteiger partial charge in [0.1, 0.15) is 11.6 Å². The zero-order valence-electron chi connectivity index (χ0n) is 11.6. The number of benzene rings is 3. The Morgan fingerprint density at radius 2 is 1.71 bits per heavy atom. The summed E-state index contributed by atoms with van der Waals surface area (Å²) < 4.78 is 18.3. The molecule has 0 fully saturated rings. The van der Waals surface area contributed by atoms with Crippen molar-refractivity contribution >= 4 is 22.7 Å². The maximum absolute atomic E-state index is 12.9. The third-order valence-electron chi connectivity index (χ3n) is 3.32. The van der Waals surface area contributed by atoms with Crippen molar-refractivity contribution in [1.29, 1.82) is 0 Å². The zero-order valence-corrected chi connectivity index (χ0v) is 11.6. The number of rotatable bonds is 3. The number of halogens is 1. The fourth-order valence-corrected chi connectivity index (χ4v) is 2.25. The predicted molar refractivity (Wildman–Crippen MR) is 84.2 cm³/mol. The van der Waals surface area contributed by atoms with Crippen LogP contribution in [0.1, 0.15) is 5.56 Å². The summed E-state index contributed by atoms with van der Waals surface area (Å²) in [5.74, 6) is 0.497. The molecule has 3 aromatic rings. The molecule has 3 heteroatoms. The summed E-state index contributed by atoms with van der Waals surface area (Å²) in [4.78, 5) is 4.40. The van der Waals surface area contributed by atoms with Crippen LogP contribution in [0.3, 0.4) is 0 Å². The van der Waals surface area contributed by atoms with Crippen molar-refractivity contribution < 1.29 is 9.13 Å². The molecule has 0 aliphatic carbocycles. The standard InChI is InChI=1S/C18H14FNO/c1-21-18-11-6-13-4-2-3-5-16(13)17(18)12-20-15-9-7-14(19)8-10-15/h2-12H,1H3. The Hall–Kier alpha value is -2.68. The van der Waals surface area contributed by atoms with Crippen molar-refractivity contribution in [1.82, 2.24) is 0 Å². The van der Waals surface area contributed by atoms with E-state index in [1.807, 2.05) is 36.4 Å². The molecule has 0 heterocycles. The minimum Gasteiger partial charge on any atom is -0.496 e. The van der Waals surface area contributed by atoms with Crippen LogP contribution in [0.5, 0.6) is 5.75 Å². The molecular formula is C18H14FNO. The van der Waals surface area contributed by atoms with Crippen molar-refractivity contribution in [3.05, 3.63) is 72.0 Å². The third kappa shape index (κ3) is 2.77. The van der Waals surface area contributed by atoms with E-state index in [0.717, 1.165) is 22.1 Å². The van der Waals surface area contributed by atoms with Crippen LogP contribution in [0.4, 0.5) is 10.1 Å². The molecule has 0 aliphatic heterocycles.